The Morgan fingerprint density at radius 2 is 1.95 bits per heavy atom. The summed E-state index contributed by atoms with van der Waals surface area (Å²) in [5, 5.41) is 20.3. The maximum Gasteiger partial charge on any atom is 0.376 e. The number of rotatable bonds is 1. The minimum Gasteiger partial charge on any atom is -0.437 e. The first-order valence-electron chi connectivity index (χ1n) is 7.01. The lowest BCUT2D eigenvalue weighted by Gasteiger charge is -2.43. The Balaban J connectivity index is 1.93. The van der Waals surface area contributed by atoms with Crippen molar-refractivity contribution in [2.24, 2.45) is 5.73 Å². The van der Waals surface area contributed by atoms with Crippen molar-refractivity contribution >= 4 is 7.05 Å². The standard InChI is InChI=1S/C14H21BN2O2/c1-15(19)17-8-6-14(7-9-17)11-5-3-2-4-10(11)12(16)13(14)18/h2-5,12-13,18-19H,6-9,16H2,1H3. The van der Waals surface area contributed by atoms with Gasteiger partial charge < -0.3 is 20.7 Å². The van der Waals surface area contributed by atoms with Crippen LogP contribution >= 0.6 is 0 Å². The first-order chi connectivity index (χ1) is 9.06. The molecule has 2 unspecified atom stereocenters. The van der Waals surface area contributed by atoms with Gasteiger partial charge >= 0.3 is 7.05 Å². The van der Waals surface area contributed by atoms with Gasteiger partial charge in [-0.05, 0) is 43.9 Å². The highest BCUT2D eigenvalue weighted by atomic mass is 16.3. The van der Waals surface area contributed by atoms with Crippen molar-refractivity contribution in [3.8, 4) is 0 Å². The van der Waals surface area contributed by atoms with Crippen LogP contribution < -0.4 is 5.73 Å². The zero-order valence-corrected chi connectivity index (χ0v) is 11.3. The van der Waals surface area contributed by atoms with Gasteiger partial charge in [0, 0.05) is 5.41 Å². The molecule has 0 aromatic heterocycles. The van der Waals surface area contributed by atoms with Gasteiger partial charge in [0.25, 0.3) is 0 Å². The van der Waals surface area contributed by atoms with Gasteiger partial charge in [-0.25, -0.2) is 0 Å². The third kappa shape index (κ3) is 1.84. The van der Waals surface area contributed by atoms with E-state index < -0.39 is 13.2 Å². The molecule has 1 heterocycles. The van der Waals surface area contributed by atoms with Crippen LogP contribution in [-0.2, 0) is 5.41 Å². The fourth-order valence-corrected chi connectivity index (χ4v) is 3.78. The molecule has 102 valence electrons. The summed E-state index contributed by atoms with van der Waals surface area (Å²) in [4.78, 5) is 2.05. The van der Waals surface area contributed by atoms with Gasteiger partial charge in [-0.2, -0.15) is 0 Å². The molecule has 0 bridgehead atoms. The second-order valence-corrected chi connectivity index (χ2v) is 5.88. The Labute approximate surface area is 114 Å². The van der Waals surface area contributed by atoms with E-state index in [4.69, 9.17) is 5.73 Å². The van der Waals surface area contributed by atoms with Crippen LogP contribution in [0.1, 0.15) is 30.0 Å². The number of fused-ring (bicyclic) bond motifs is 2. The number of aliphatic hydroxyl groups excluding tert-OH is 1. The van der Waals surface area contributed by atoms with Gasteiger partial charge in [0.05, 0.1) is 12.1 Å². The van der Waals surface area contributed by atoms with Crippen LogP contribution in [0.2, 0.25) is 6.82 Å². The van der Waals surface area contributed by atoms with Crippen LogP contribution in [0.3, 0.4) is 0 Å². The number of hydrogen-bond acceptors (Lipinski definition) is 4. The average Bonchev–Trinajstić information content (AvgIpc) is 2.63. The molecule has 4 N–H and O–H groups in total. The summed E-state index contributed by atoms with van der Waals surface area (Å²) < 4.78 is 0. The first-order valence-corrected chi connectivity index (χ1v) is 7.01. The van der Waals surface area contributed by atoms with E-state index in [0.717, 1.165) is 31.5 Å². The molecule has 2 atom stereocenters. The minimum atomic E-state index is -0.513. The monoisotopic (exact) mass is 260 g/mol. The summed E-state index contributed by atoms with van der Waals surface area (Å²) >= 11 is 0. The molecule has 0 radical (unpaired) electrons. The van der Waals surface area contributed by atoms with Crippen molar-refractivity contribution in [3.63, 3.8) is 0 Å². The SMILES string of the molecule is CB(O)N1CCC2(CC1)c1ccccc1C(N)C2O. The molecular formula is C14H21BN2O2. The van der Waals surface area contributed by atoms with Crippen LogP contribution in [0, 0.1) is 0 Å². The molecule has 1 aromatic rings. The molecule has 2 aliphatic rings. The minimum absolute atomic E-state index is 0.221. The highest BCUT2D eigenvalue weighted by Gasteiger charge is 2.51. The van der Waals surface area contributed by atoms with Crippen molar-refractivity contribution in [3.05, 3.63) is 35.4 Å². The zero-order valence-electron chi connectivity index (χ0n) is 11.3. The second-order valence-electron chi connectivity index (χ2n) is 5.88. The largest absolute Gasteiger partial charge is 0.437 e. The third-order valence-electron chi connectivity index (χ3n) is 4.98. The molecule has 1 spiro atoms. The van der Waals surface area contributed by atoms with Crippen LogP contribution in [0.5, 0.6) is 0 Å². The molecule has 0 saturated carbocycles. The summed E-state index contributed by atoms with van der Waals surface area (Å²) in [5.41, 5.74) is 8.25. The Morgan fingerprint density at radius 3 is 2.58 bits per heavy atom. The van der Waals surface area contributed by atoms with E-state index in [0.29, 0.717) is 0 Å². The molecule has 4 nitrogen and oxygen atoms in total. The number of benzene rings is 1. The molecular weight excluding hydrogens is 239 g/mol. The van der Waals surface area contributed by atoms with E-state index in [1.807, 2.05) is 23.0 Å². The van der Waals surface area contributed by atoms with Gasteiger partial charge in [-0.15, -0.1) is 0 Å². The Kier molecular flexibility index (Phi) is 3.17. The summed E-state index contributed by atoms with van der Waals surface area (Å²) in [6, 6.07) is 7.85. The predicted octanol–water partition coefficient (Wildman–Crippen LogP) is 0.505. The smallest absolute Gasteiger partial charge is 0.376 e. The highest BCUT2D eigenvalue weighted by Crippen LogP contribution is 2.49. The van der Waals surface area contributed by atoms with E-state index in [2.05, 4.69) is 6.07 Å². The van der Waals surface area contributed by atoms with Crippen molar-refractivity contribution in [1.29, 1.82) is 0 Å². The fraction of sp³-hybridized carbons (Fsp3) is 0.571. The lowest BCUT2D eigenvalue weighted by atomic mass is 9.69. The molecule has 1 aliphatic carbocycles. The zero-order chi connectivity index (χ0) is 13.6. The first kappa shape index (κ1) is 13.1. The Hall–Kier alpha value is -0.875. The number of piperidine rings is 1. The van der Waals surface area contributed by atoms with Gasteiger partial charge in [-0.3, -0.25) is 0 Å². The van der Waals surface area contributed by atoms with E-state index in [-0.39, 0.29) is 11.5 Å². The van der Waals surface area contributed by atoms with Crippen LogP contribution in [0.4, 0.5) is 0 Å². The highest BCUT2D eigenvalue weighted by molar-refractivity contribution is 6.45. The topological polar surface area (TPSA) is 69.7 Å². The number of nitrogens with two attached hydrogens (primary N) is 1. The van der Waals surface area contributed by atoms with E-state index in [1.54, 1.807) is 6.82 Å². The van der Waals surface area contributed by atoms with Crippen molar-refractivity contribution < 1.29 is 10.1 Å². The van der Waals surface area contributed by atoms with Crippen LogP contribution in [0.15, 0.2) is 24.3 Å². The normalized spacial score (nSPS) is 29.5. The molecule has 5 heteroatoms. The lowest BCUT2D eigenvalue weighted by molar-refractivity contribution is 0.0406. The maximum absolute atomic E-state index is 10.6. The molecule has 19 heavy (non-hydrogen) atoms. The third-order valence-corrected chi connectivity index (χ3v) is 4.98. The summed E-state index contributed by atoms with van der Waals surface area (Å²) in [6.45, 7) is 3.40. The quantitative estimate of drug-likeness (QED) is 0.643. The molecule has 1 saturated heterocycles. The van der Waals surface area contributed by atoms with Gasteiger partial charge in [0.1, 0.15) is 0 Å². The van der Waals surface area contributed by atoms with Crippen LogP contribution in [0.25, 0.3) is 0 Å². The van der Waals surface area contributed by atoms with Gasteiger partial charge in [0.2, 0.25) is 0 Å². The number of hydrogen-bond donors (Lipinski definition) is 3. The van der Waals surface area contributed by atoms with E-state index in [1.165, 1.54) is 5.56 Å². The molecule has 0 amide bonds. The fourth-order valence-electron chi connectivity index (χ4n) is 3.78. The van der Waals surface area contributed by atoms with Gasteiger partial charge in [0.15, 0.2) is 0 Å². The Bertz CT molecular complexity index is 472. The number of aliphatic hydroxyl groups is 1. The molecule has 1 fully saturated rings. The summed E-state index contributed by atoms with van der Waals surface area (Å²) in [6.07, 6.45) is 1.19. The predicted molar refractivity (Wildman–Crippen MR) is 75.7 cm³/mol. The van der Waals surface area contributed by atoms with Gasteiger partial charge in [-0.1, -0.05) is 24.3 Å². The summed E-state index contributed by atoms with van der Waals surface area (Å²) in [5.74, 6) is 0. The van der Waals surface area contributed by atoms with Crippen molar-refractivity contribution in [2.45, 2.75) is 37.2 Å². The van der Waals surface area contributed by atoms with Crippen molar-refractivity contribution in [2.75, 3.05) is 13.1 Å². The van der Waals surface area contributed by atoms with E-state index in [9.17, 15) is 10.1 Å². The molecule has 3 rings (SSSR count). The number of nitrogens with zero attached hydrogens (tertiary/aromatic N) is 1. The van der Waals surface area contributed by atoms with E-state index >= 15 is 0 Å². The maximum atomic E-state index is 10.6. The Morgan fingerprint density at radius 1 is 1.32 bits per heavy atom. The molecule has 1 aliphatic heterocycles. The molecule has 1 aromatic carbocycles. The van der Waals surface area contributed by atoms with Crippen molar-refractivity contribution in [1.82, 2.24) is 4.81 Å². The summed E-state index contributed by atoms with van der Waals surface area (Å²) in [7, 11) is -0.417. The lowest BCUT2D eigenvalue weighted by Crippen LogP contribution is -2.52. The average molecular weight is 260 g/mol. The van der Waals surface area contributed by atoms with Crippen LogP contribution in [-0.4, -0.2) is 41.2 Å². The second kappa shape index (κ2) is 4.60.